The maximum absolute atomic E-state index is 12.0. The molecule has 19 heavy (non-hydrogen) atoms. The molecule has 0 aliphatic carbocycles. The first-order valence-electron chi connectivity index (χ1n) is 6.14. The molecule has 0 saturated carbocycles. The van der Waals surface area contributed by atoms with Gasteiger partial charge in [0.15, 0.2) is 0 Å². The maximum atomic E-state index is 12.0. The summed E-state index contributed by atoms with van der Waals surface area (Å²) in [4.78, 5) is 14.2. The average molecular weight is 394 g/mol. The topological polar surface area (TPSA) is 55.6 Å². The molecule has 0 amide bonds. The number of benzene rings is 1. The minimum absolute atomic E-state index is 0.347. The highest BCUT2D eigenvalue weighted by Crippen LogP contribution is 2.32. The highest BCUT2D eigenvalue weighted by Gasteiger charge is 2.15. The number of carbonyl (C=O) groups is 1. The Morgan fingerprint density at radius 2 is 1.89 bits per heavy atom. The molecule has 0 radical (unpaired) electrons. The molecule has 0 aliphatic heterocycles. The SMILES string of the molecule is CCN(CC)CCOC(=O)c1ccc(N)c(Br)c1Br. The van der Waals surface area contributed by atoms with E-state index in [-0.39, 0.29) is 5.97 Å². The summed E-state index contributed by atoms with van der Waals surface area (Å²) < 4.78 is 6.56. The molecule has 0 fully saturated rings. The zero-order valence-corrected chi connectivity index (χ0v) is 14.3. The molecule has 0 spiro atoms. The summed E-state index contributed by atoms with van der Waals surface area (Å²) in [5.41, 5.74) is 6.78. The Morgan fingerprint density at radius 3 is 2.47 bits per heavy atom. The summed E-state index contributed by atoms with van der Waals surface area (Å²) in [7, 11) is 0. The maximum Gasteiger partial charge on any atom is 0.339 e. The van der Waals surface area contributed by atoms with Crippen molar-refractivity contribution < 1.29 is 9.53 Å². The minimum Gasteiger partial charge on any atom is -0.461 e. The van der Waals surface area contributed by atoms with Gasteiger partial charge in [0.2, 0.25) is 0 Å². The number of anilines is 1. The number of rotatable bonds is 6. The van der Waals surface area contributed by atoms with Crippen LogP contribution >= 0.6 is 31.9 Å². The van der Waals surface area contributed by atoms with E-state index in [9.17, 15) is 4.79 Å². The number of carbonyl (C=O) groups excluding carboxylic acids is 1. The van der Waals surface area contributed by atoms with Crippen molar-refractivity contribution in [1.29, 1.82) is 0 Å². The Kier molecular flexibility index (Phi) is 6.82. The molecule has 0 heterocycles. The van der Waals surface area contributed by atoms with Gasteiger partial charge in [-0.1, -0.05) is 13.8 Å². The fourth-order valence-corrected chi connectivity index (χ4v) is 2.48. The van der Waals surface area contributed by atoms with Crippen LogP contribution < -0.4 is 5.73 Å². The molecule has 0 aliphatic rings. The third kappa shape index (κ3) is 4.47. The van der Waals surface area contributed by atoms with Gasteiger partial charge in [-0.05, 0) is 57.1 Å². The van der Waals surface area contributed by atoms with E-state index in [1.807, 2.05) is 0 Å². The zero-order valence-electron chi connectivity index (χ0n) is 11.1. The van der Waals surface area contributed by atoms with Gasteiger partial charge in [0, 0.05) is 16.7 Å². The number of halogens is 2. The molecule has 0 unspecified atom stereocenters. The summed E-state index contributed by atoms with van der Waals surface area (Å²) >= 11 is 6.67. The summed E-state index contributed by atoms with van der Waals surface area (Å²) in [6.07, 6.45) is 0. The largest absolute Gasteiger partial charge is 0.461 e. The average Bonchev–Trinajstić information content (AvgIpc) is 2.41. The van der Waals surface area contributed by atoms with Gasteiger partial charge in [-0.2, -0.15) is 0 Å². The fraction of sp³-hybridized carbons (Fsp3) is 0.462. The third-order valence-corrected chi connectivity index (χ3v) is 5.08. The van der Waals surface area contributed by atoms with Gasteiger partial charge in [-0.25, -0.2) is 4.79 Å². The van der Waals surface area contributed by atoms with Crippen molar-refractivity contribution in [3.63, 3.8) is 0 Å². The molecule has 106 valence electrons. The molecule has 1 aromatic carbocycles. The predicted octanol–water partition coefficient (Wildman–Crippen LogP) is 3.29. The van der Waals surface area contributed by atoms with Crippen molar-refractivity contribution in [1.82, 2.24) is 4.90 Å². The van der Waals surface area contributed by atoms with Crippen LogP contribution in [0.15, 0.2) is 21.1 Å². The van der Waals surface area contributed by atoms with Crippen molar-refractivity contribution in [2.24, 2.45) is 0 Å². The third-order valence-electron chi connectivity index (χ3n) is 2.87. The Labute approximate surface area is 130 Å². The van der Waals surface area contributed by atoms with E-state index in [1.165, 1.54) is 0 Å². The second-order valence-electron chi connectivity index (χ2n) is 3.99. The molecule has 0 saturated heterocycles. The first kappa shape index (κ1) is 16.5. The van der Waals surface area contributed by atoms with E-state index >= 15 is 0 Å². The molecule has 4 nitrogen and oxygen atoms in total. The van der Waals surface area contributed by atoms with Gasteiger partial charge in [-0.3, -0.25) is 0 Å². The summed E-state index contributed by atoms with van der Waals surface area (Å²) in [6, 6.07) is 3.33. The highest BCUT2D eigenvalue weighted by molar-refractivity contribution is 9.13. The first-order valence-corrected chi connectivity index (χ1v) is 7.72. The zero-order chi connectivity index (χ0) is 14.4. The van der Waals surface area contributed by atoms with E-state index in [0.717, 1.165) is 19.6 Å². The van der Waals surface area contributed by atoms with E-state index in [1.54, 1.807) is 12.1 Å². The standard InChI is InChI=1S/C13H18Br2N2O2/c1-3-17(4-2)7-8-19-13(18)9-5-6-10(16)12(15)11(9)14/h5-6H,3-4,7-8,16H2,1-2H3. The van der Waals surface area contributed by atoms with Crippen molar-refractivity contribution in [2.45, 2.75) is 13.8 Å². The predicted molar refractivity (Wildman–Crippen MR) is 84.3 cm³/mol. The van der Waals surface area contributed by atoms with Gasteiger partial charge >= 0.3 is 5.97 Å². The van der Waals surface area contributed by atoms with Crippen molar-refractivity contribution in [2.75, 3.05) is 32.0 Å². The molecule has 6 heteroatoms. The van der Waals surface area contributed by atoms with Crippen LogP contribution in [0.2, 0.25) is 0 Å². The molecule has 0 aromatic heterocycles. The fourth-order valence-electron chi connectivity index (χ4n) is 1.61. The molecule has 1 rings (SSSR count). The second-order valence-corrected chi connectivity index (χ2v) is 5.58. The van der Waals surface area contributed by atoms with Crippen LogP contribution in [-0.4, -0.2) is 37.1 Å². The van der Waals surface area contributed by atoms with E-state index < -0.39 is 0 Å². The van der Waals surface area contributed by atoms with Crippen molar-refractivity contribution in [3.8, 4) is 0 Å². The number of hydrogen-bond acceptors (Lipinski definition) is 4. The lowest BCUT2D eigenvalue weighted by atomic mass is 10.2. The number of nitrogens with two attached hydrogens (primary N) is 1. The Hall–Kier alpha value is -0.590. The van der Waals surface area contributed by atoms with Gasteiger partial charge in [-0.15, -0.1) is 0 Å². The minimum atomic E-state index is -0.347. The van der Waals surface area contributed by atoms with Gasteiger partial charge in [0.25, 0.3) is 0 Å². The van der Waals surface area contributed by atoms with Crippen molar-refractivity contribution >= 4 is 43.5 Å². The summed E-state index contributed by atoms with van der Waals surface area (Å²) in [5, 5.41) is 0. The van der Waals surface area contributed by atoms with E-state index in [0.29, 0.717) is 26.8 Å². The second kappa shape index (κ2) is 7.87. The lowest BCUT2D eigenvalue weighted by molar-refractivity contribution is 0.0465. The molecule has 0 atom stereocenters. The van der Waals surface area contributed by atoms with E-state index in [4.69, 9.17) is 10.5 Å². The molecular weight excluding hydrogens is 376 g/mol. The van der Waals surface area contributed by atoms with Gasteiger partial charge < -0.3 is 15.4 Å². The lowest BCUT2D eigenvalue weighted by Gasteiger charge is -2.17. The number of nitrogens with zero attached hydrogens (tertiary/aromatic N) is 1. The molecular formula is C13H18Br2N2O2. The number of likely N-dealkylation sites (N-methyl/N-ethyl adjacent to an activating group) is 1. The Morgan fingerprint density at radius 1 is 1.26 bits per heavy atom. The normalized spacial score (nSPS) is 10.8. The van der Waals surface area contributed by atoms with E-state index in [2.05, 4.69) is 50.6 Å². The highest BCUT2D eigenvalue weighted by atomic mass is 79.9. The summed E-state index contributed by atoms with van der Waals surface area (Å²) in [6.45, 7) is 7.19. The monoisotopic (exact) mass is 392 g/mol. The Bertz CT molecular complexity index is 449. The molecule has 2 N–H and O–H groups in total. The lowest BCUT2D eigenvalue weighted by Crippen LogP contribution is -2.28. The van der Waals surface area contributed by atoms with Crippen LogP contribution in [0.1, 0.15) is 24.2 Å². The number of nitrogen functional groups attached to an aromatic ring is 1. The number of hydrogen-bond donors (Lipinski definition) is 1. The first-order chi connectivity index (χ1) is 9.01. The van der Waals surface area contributed by atoms with Crippen LogP contribution in [0.4, 0.5) is 5.69 Å². The molecule has 0 bridgehead atoms. The Balaban J connectivity index is 2.62. The smallest absolute Gasteiger partial charge is 0.339 e. The van der Waals surface area contributed by atoms with Crippen LogP contribution in [0, 0.1) is 0 Å². The van der Waals surface area contributed by atoms with Gasteiger partial charge in [0.1, 0.15) is 6.61 Å². The van der Waals surface area contributed by atoms with Crippen LogP contribution in [-0.2, 0) is 4.74 Å². The summed E-state index contributed by atoms with van der Waals surface area (Å²) in [5.74, 6) is -0.347. The molecule has 1 aromatic rings. The van der Waals surface area contributed by atoms with Crippen LogP contribution in [0.5, 0.6) is 0 Å². The van der Waals surface area contributed by atoms with Gasteiger partial charge in [0.05, 0.1) is 10.0 Å². The number of ether oxygens (including phenoxy) is 1. The van der Waals surface area contributed by atoms with Crippen LogP contribution in [0.25, 0.3) is 0 Å². The quantitative estimate of drug-likeness (QED) is 0.595. The number of esters is 1. The van der Waals surface area contributed by atoms with Crippen molar-refractivity contribution in [3.05, 3.63) is 26.6 Å². The van der Waals surface area contributed by atoms with Crippen LogP contribution in [0.3, 0.4) is 0 Å².